The minimum Gasteiger partial charge on any atom is -0.492 e. The van der Waals surface area contributed by atoms with E-state index < -0.39 is 11.9 Å². The van der Waals surface area contributed by atoms with Crippen LogP contribution in [-0.2, 0) is 4.79 Å². The predicted molar refractivity (Wildman–Crippen MR) is 42.3 cm³/mol. The van der Waals surface area contributed by atoms with E-state index in [1.807, 2.05) is 12.1 Å². The molecule has 1 heterocycles. The van der Waals surface area contributed by atoms with Crippen LogP contribution in [0.3, 0.4) is 0 Å². The number of carbonyl (C=O) groups is 1. The van der Waals surface area contributed by atoms with Gasteiger partial charge in [-0.3, -0.25) is 4.79 Å². The zero-order valence-electron chi connectivity index (χ0n) is 6.36. The number of benzene rings is 1. The number of ether oxygens (including phenoxy) is 1. The van der Waals surface area contributed by atoms with Gasteiger partial charge in [-0.25, -0.2) is 0 Å². The lowest BCUT2D eigenvalue weighted by Gasteiger charge is -1.99. The van der Waals surface area contributed by atoms with Gasteiger partial charge in [-0.15, -0.1) is 0 Å². The molecule has 62 valence electrons. The second-order valence-electron chi connectivity index (χ2n) is 2.74. The van der Waals surface area contributed by atoms with Crippen molar-refractivity contribution in [2.24, 2.45) is 0 Å². The molecule has 1 aromatic rings. The third kappa shape index (κ3) is 0.942. The van der Waals surface area contributed by atoms with Gasteiger partial charge in [-0.1, -0.05) is 18.2 Å². The Morgan fingerprint density at radius 3 is 3.00 bits per heavy atom. The molecular formula is C9H8O3. The standard InChI is InChI=1S/C9H8O3/c10-9(11)7-5-12-8-4-2-1-3-6(7)8/h1-4,7H,5H2,(H,10,11). The van der Waals surface area contributed by atoms with Gasteiger partial charge in [0, 0.05) is 5.56 Å². The van der Waals surface area contributed by atoms with Gasteiger partial charge in [0.15, 0.2) is 0 Å². The van der Waals surface area contributed by atoms with Crippen LogP contribution in [0.15, 0.2) is 24.3 Å². The fourth-order valence-electron chi connectivity index (χ4n) is 1.37. The van der Waals surface area contributed by atoms with E-state index in [0.717, 1.165) is 5.56 Å². The Morgan fingerprint density at radius 1 is 1.50 bits per heavy atom. The van der Waals surface area contributed by atoms with Gasteiger partial charge < -0.3 is 9.84 Å². The van der Waals surface area contributed by atoms with Crippen molar-refractivity contribution < 1.29 is 14.6 Å². The van der Waals surface area contributed by atoms with E-state index in [4.69, 9.17) is 9.84 Å². The Hall–Kier alpha value is -1.51. The number of carboxylic acids is 1. The van der Waals surface area contributed by atoms with Crippen LogP contribution in [0.2, 0.25) is 0 Å². The third-order valence-corrected chi connectivity index (χ3v) is 2.00. The van der Waals surface area contributed by atoms with Crippen LogP contribution in [0.5, 0.6) is 5.75 Å². The van der Waals surface area contributed by atoms with Crippen LogP contribution in [0.25, 0.3) is 0 Å². The van der Waals surface area contributed by atoms with Crippen molar-refractivity contribution in [3.8, 4) is 5.75 Å². The molecule has 0 amide bonds. The van der Waals surface area contributed by atoms with E-state index >= 15 is 0 Å². The number of aliphatic carboxylic acids is 1. The first-order chi connectivity index (χ1) is 5.79. The molecule has 12 heavy (non-hydrogen) atoms. The van der Waals surface area contributed by atoms with Crippen LogP contribution >= 0.6 is 0 Å². The summed E-state index contributed by atoms with van der Waals surface area (Å²) in [6.07, 6.45) is 0. The molecule has 1 aliphatic heterocycles. The summed E-state index contributed by atoms with van der Waals surface area (Å²) in [5, 5.41) is 8.78. The highest BCUT2D eigenvalue weighted by molar-refractivity contribution is 5.78. The predicted octanol–water partition coefficient (Wildman–Crippen LogP) is 1.25. The molecule has 0 saturated carbocycles. The van der Waals surface area contributed by atoms with Gasteiger partial charge in [0.1, 0.15) is 18.3 Å². The lowest BCUT2D eigenvalue weighted by molar-refractivity contribution is -0.138. The van der Waals surface area contributed by atoms with E-state index in [1.165, 1.54) is 0 Å². The quantitative estimate of drug-likeness (QED) is 0.679. The number of carboxylic acid groups (broad SMARTS) is 1. The average Bonchev–Trinajstić information content (AvgIpc) is 2.47. The lowest BCUT2D eigenvalue weighted by Crippen LogP contribution is -2.12. The summed E-state index contributed by atoms with van der Waals surface area (Å²) < 4.78 is 5.19. The molecule has 0 fully saturated rings. The summed E-state index contributed by atoms with van der Waals surface area (Å²) in [4.78, 5) is 10.7. The van der Waals surface area contributed by atoms with Crippen LogP contribution in [0, 0.1) is 0 Å². The normalized spacial score (nSPS) is 19.8. The Labute approximate surface area is 69.6 Å². The van der Waals surface area contributed by atoms with Gasteiger partial charge in [0.05, 0.1) is 0 Å². The molecule has 1 aromatic carbocycles. The number of para-hydroxylation sites is 1. The lowest BCUT2D eigenvalue weighted by atomic mass is 10.0. The van der Waals surface area contributed by atoms with Crippen molar-refractivity contribution in [3.63, 3.8) is 0 Å². The number of rotatable bonds is 1. The molecule has 1 atom stereocenters. The maximum Gasteiger partial charge on any atom is 0.314 e. The summed E-state index contributed by atoms with van der Waals surface area (Å²) in [5.41, 5.74) is 0.782. The number of hydrogen-bond acceptors (Lipinski definition) is 2. The van der Waals surface area contributed by atoms with Crippen molar-refractivity contribution in [2.45, 2.75) is 5.92 Å². The topological polar surface area (TPSA) is 46.5 Å². The smallest absolute Gasteiger partial charge is 0.314 e. The van der Waals surface area contributed by atoms with Crippen molar-refractivity contribution in [3.05, 3.63) is 29.8 Å². The molecule has 0 bridgehead atoms. The Morgan fingerprint density at radius 2 is 2.25 bits per heavy atom. The van der Waals surface area contributed by atoms with Gasteiger partial charge in [0.2, 0.25) is 0 Å². The van der Waals surface area contributed by atoms with E-state index in [2.05, 4.69) is 0 Å². The summed E-state index contributed by atoms with van der Waals surface area (Å²) >= 11 is 0. The van der Waals surface area contributed by atoms with Crippen LogP contribution < -0.4 is 4.74 Å². The maximum absolute atomic E-state index is 10.7. The average molecular weight is 164 g/mol. The SMILES string of the molecule is O=C(O)C1COc2ccccc21. The monoisotopic (exact) mass is 164 g/mol. The van der Waals surface area contributed by atoms with Gasteiger partial charge in [0.25, 0.3) is 0 Å². The summed E-state index contributed by atoms with van der Waals surface area (Å²) in [6.45, 7) is 0.259. The van der Waals surface area contributed by atoms with E-state index in [1.54, 1.807) is 12.1 Å². The molecule has 0 radical (unpaired) electrons. The molecular weight excluding hydrogens is 156 g/mol. The fraction of sp³-hybridized carbons (Fsp3) is 0.222. The number of fused-ring (bicyclic) bond motifs is 1. The zero-order valence-corrected chi connectivity index (χ0v) is 6.36. The first kappa shape index (κ1) is 7.16. The molecule has 0 spiro atoms. The number of hydrogen-bond donors (Lipinski definition) is 1. The van der Waals surface area contributed by atoms with E-state index in [9.17, 15) is 4.79 Å². The van der Waals surface area contributed by atoms with Crippen molar-refractivity contribution in [2.75, 3.05) is 6.61 Å². The molecule has 0 aliphatic carbocycles. The van der Waals surface area contributed by atoms with Crippen LogP contribution in [-0.4, -0.2) is 17.7 Å². The molecule has 3 nitrogen and oxygen atoms in total. The van der Waals surface area contributed by atoms with Crippen LogP contribution in [0.4, 0.5) is 0 Å². The van der Waals surface area contributed by atoms with Crippen LogP contribution in [0.1, 0.15) is 11.5 Å². The Bertz CT molecular complexity index is 319. The Balaban J connectivity index is 2.42. The summed E-state index contributed by atoms with van der Waals surface area (Å²) in [7, 11) is 0. The molecule has 1 unspecified atom stereocenters. The third-order valence-electron chi connectivity index (χ3n) is 2.00. The molecule has 1 aliphatic rings. The second kappa shape index (κ2) is 2.52. The largest absolute Gasteiger partial charge is 0.492 e. The molecule has 3 heteroatoms. The van der Waals surface area contributed by atoms with Crippen molar-refractivity contribution in [1.82, 2.24) is 0 Å². The van der Waals surface area contributed by atoms with Gasteiger partial charge in [-0.2, -0.15) is 0 Å². The summed E-state index contributed by atoms with van der Waals surface area (Å²) in [5.74, 6) is -0.606. The fourth-order valence-corrected chi connectivity index (χ4v) is 1.37. The van der Waals surface area contributed by atoms with Crippen molar-refractivity contribution >= 4 is 5.97 Å². The minimum absolute atomic E-state index is 0.259. The molecule has 0 saturated heterocycles. The maximum atomic E-state index is 10.7. The Kier molecular flexibility index (Phi) is 1.50. The van der Waals surface area contributed by atoms with E-state index in [0.29, 0.717) is 5.75 Å². The molecule has 1 N–H and O–H groups in total. The highest BCUT2D eigenvalue weighted by Crippen LogP contribution is 2.33. The summed E-state index contributed by atoms with van der Waals surface area (Å²) in [6, 6.07) is 7.24. The highest BCUT2D eigenvalue weighted by Gasteiger charge is 2.29. The molecule has 2 rings (SSSR count). The first-order valence-electron chi connectivity index (χ1n) is 3.73. The second-order valence-corrected chi connectivity index (χ2v) is 2.74. The van der Waals surface area contributed by atoms with Gasteiger partial charge >= 0.3 is 5.97 Å². The van der Waals surface area contributed by atoms with Gasteiger partial charge in [-0.05, 0) is 6.07 Å². The first-order valence-corrected chi connectivity index (χ1v) is 3.73. The molecule has 0 aromatic heterocycles. The zero-order chi connectivity index (χ0) is 8.55. The minimum atomic E-state index is -0.819. The highest BCUT2D eigenvalue weighted by atomic mass is 16.5. The van der Waals surface area contributed by atoms with E-state index in [-0.39, 0.29) is 6.61 Å². The van der Waals surface area contributed by atoms with Crippen molar-refractivity contribution in [1.29, 1.82) is 0 Å².